The predicted molar refractivity (Wildman–Crippen MR) is 95.7 cm³/mol. The van der Waals surface area contributed by atoms with E-state index in [1.807, 2.05) is 0 Å². The number of amides is 2. The molecule has 0 atom stereocenters. The molecule has 2 aromatic carbocycles. The van der Waals surface area contributed by atoms with Crippen LogP contribution < -0.4 is 16.0 Å². The average Bonchev–Trinajstić information content (AvgIpc) is 2.56. The zero-order valence-electron chi connectivity index (χ0n) is 14.1. The number of carbonyl (C=O) groups excluding carboxylic acids is 2. The molecular formula is C17H17FN4O4. The smallest absolute Gasteiger partial charge is 0.293 e. The topological polar surface area (TPSA) is 113 Å². The molecule has 2 amide bonds. The fourth-order valence-electron chi connectivity index (χ4n) is 2.20. The summed E-state index contributed by atoms with van der Waals surface area (Å²) in [6, 6.07) is 8.37. The van der Waals surface area contributed by atoms with E-state index in [0.717, 1.165) is 6.07 Å². The molecule has 2 rings (SSSR count). The zero-order chi connectivity index (χ0) is 19.3. The standard InChI is InChI=1S/C17H17FN4O4/c1-10-3-6-14(16(7-10)22(25)26)21-17(24)9-19-12-4-5-13(18)15(8-12)20-11(2)23/h3-8,19H,9H2,1-2H3,(H,20,23)(H,21,24). The van der Waals surface area contributed by atoms with Crippen LogP contribution in [0, 0.1) is 22.9 Å². The van der Waals surface area contributed by atoms with Gasteiger partial charge in [0.1, 0.15) is 11.5 Å². The first-order valence-corrected chi connectivity index (χ1v) is 7.62. The van der Waals surface area contributed by atoms with Gasteiger partial charge in [-0.15, -0.1) is 0 Å². The minimum atomic E-state index is -0.606. The maximum absolute atomic E-state index is 13.6. The number of hydrogen-bond acceptors (Lipinski definition) is 5. The summed E-state index contributed by atoms with van der Waals surface area (Å²) >= 11 is 0. The van der Waals surface area contributed by atoms with Gasteiger partial charge in [-0.05, 0) is 36.8 Å². The minimum absolute atomic E-state index is 0.0166. The molecule has 26 heavy (non-hydrogen) atoms. The summed E-state index contributed by atoms with van der Waals surface area (Å²) < 4.78 is 13.6. The maximum atomic E-state index is 13.6. The monoisotopic (exact) mass is 360 g/mol. The Bertz CT molecular complexity index is 870. The van der Waals surface area contributed by atoms with E-state index in [4.69, 9.17) is 0 Å². The quantitative estimate of drug-likeness (QED) is 0.541. The van der Waals surface area contributed by atoms with Crippen molar-refractivity contribution in [1.82, 2.24) is 0 Å². The Hall–Kier alpha value is -3.49. The molecule has 0 fully saturated rings. The Balaban J connectivity index is 2.04. The molecule has 136 valence electrons. The van der Waals surface area contributed by atoms with Gasteiger partial charge >= 0.3 is 0 Å². The maximum Gasteiger partial charge on any atom is 0.293 e. The summed E-state index contributed by atoms with van der Waals surface area (Å²) in [4.78, 5) is 33.6. The van der Waals surface area contributed by atoms with Gasteiger partial charge in [-0.1, -0.05) is 6.07 Å². The van der Waals surface area contributed by atoms with Gasteiger partial charge in [-0.2, -0.15) is 0 Å². The number of nitro benzene ring substituents is 1. The fraction of sp³-hybridized carbons (Fsp3) is 0.176. The van der Waals surface area contributed by atoms with Crippen molar-refractivity contribution in [3.63, 3.8) is 0 Å². The predicted octanol–water partition coefficient (Wildman–Crippen LogP) is 3.05. The van der Waals surface area contributed by atoms with Gasteiger partial charge in [0.2, 0.25) is 11.8 Å². The first kappa shape index (κ1) is 18.8. The summed E-state index contributed by atoms with van der Waals surface area (Å²) in [6.07, 6.45) is 0. The lowest BCUT2D eigenvalue weighted by atomic mass is 10.2. The molecule has 9 heteroatoms. The second-order valence-electron chi connectivity index (χ2n) is 5.56. The zero-order valence-corrected chi connectivity index (χ0v) is 14.1. The number of nitro groups is 1. The van der Waals surface area contributed by atoms with E-state index in [0.29, 0.717) is 11.3 Å². The van der Waals surface area contributed by atoms with Crippen LogP contribution in [-0.4, -0.2) is 23.3 Å². The van der Waals surface area contributed by atoms with Crippen LogP contribution in [0.2, 0.25) is 0 Å². The first-order valence-electron chi connectivity index (χ1n) is 7.62. The van der Waals surface area contributed by atoms with Crippen LogP contribution in [0.1, 0.15) is 12.5 Å². The van der Waals surface area contributed by atoms with E-state index in [-0.39, 0.29) is 23.6 Å². The van der Waals surface area contributed by atoms with E-state index in [2.05, 4.69) is 16.0 Å². The van der Waals surface area contributed by atoms with Gasteiger partial charge in [0.25, 0.3) is 5.69 Å². The van der Waals surface area contributed by atoms with E-state index in [1.165, 1.54) is 31.2 Å². The molecule has 0 aliphatic rings. The Morgan fingerprint density at radius 3 is 2.50 bits per heavy atom. The normalized spacial score (nSPS) is 10.1. The van der Waals surface area contributed by atoms with Crippen LogP contribution in [0.25, 0.3) is 0 Å². The highest BCUT2D eigenvalue weighted by Gasteiger charge is 2.16. The van der Waals surface area contributed by atoms with Gasteiger partial charge in [0.05, 0.1) is 17.2 Å². The Labute approximate surface area is 148 Å². The lowest BCUT2D eigenvalue weighted by Crippen LogP contribution is -2.22. The molecule has 0 aliphatic heterocycles. The lowest BCUT2D eigenvalue weighted by molar-refractivity contribution is -0.384. The van der Waals surface area contributed by atoms with Crippen molar-refractivity contribution in [2.24, 2.45) is 0 Å². The van der Waals surface area contributed by atoms with Crippen LogP contribution in [-0.2, 0) is 9.59 Å². The fourth-order valence-corrected chi connectivity index (χ4v) is 2.20. The number of halogens is 1. The first-order chi connectivity index (χ1) is 12.3. The molecule has 0 radical (unpaired) electrons. The van der Waals surface area contributed by atoms with Gasteiger partial charge in [0, 0.05) is 18.7 Å². The number of hydrogen-bond donors (Lipinski definition) is 3. The third-order valence-corrected chi connectivity index (χ3v) is 3.35. The largest absolute Gasteiger partial charge is 0.376 e. The average molecular weight is 360 g/mol. The third-order valence-electron chi connectivity index (χ3n) is 3.35. The minimum Gasteiger partial charge on any atom is -0.376 e. The molecule has 8 nitrogen and oxygen atoms in total. The third kappa shape index (κ3) is 5.00. The highest BCUT2D eigenvalue weighted by Crippen LogP contribution is 2.25. The molecular weight excluding hydrogens is 343 g/mol. The second kappa shape index (κ2) is 8.06. The Kier molecular flexibility index (Phi) is 5.84. The number of aryl methyl sites for hydroxylation is 1. The van der Waals surface area contributed by atoms with Crippen molar-refractivity contribution in [1.29, 1.82) is 0 Å². The highest BCUT2D eigenvalue weighted by atomic mass is 19.1. The number of nitrogens with one attached hydrogen (secondary N) is 3. The van der Waals surface area contributed by atoms with Crippen LogP contribution >= 0.6 is 0 Å². The van der Waals surface area contributed by atoms with E-state index in [1.54, 1.807) is 13.0 Å². The summed E-state index contributed by atoms with van der Waals surface area (Å²) in [6.45, 7) is 2.76. The molecule has 3 N–H and O–H groups in total. The molecule has 0 saturated heterocycles. The molecule has 0 aliphatic carbocycles. The van der Waals surface area contributed by atoms with Crippen molar-refractivity contribution in [2.75, 3.05) is 22.5 Å². The molecule has 0 heterocycles. The van der Waals surface area contributed by atoms with Crippen molar-refractivity contribution in [2.45, 2.75) is 13.8 Å². The Morgan fingerprint density at radius 1 is 1.12 bits per heavy atom. The molecule has 2 aromatic rings. The van der Waals surface area contributed by atoms with E-state index < -0.39 is 22.6 Å². The molecule has 0 saturated carbocycles. The Morgan fingerprint density at radius 2 is 1.85 bits per heavy atom. The number of rotatable bonds is 6. The van der Waals surface area contributed by atoms with Crippen LogP contribution in [0.4, 0.5) is 27.1 Å². The lowest BCUT2D eigenvalue weighted by Gasteiger charge is -2.10. The van der Waals surface area contributed by atoms with Crippen LogP contribution in [0.3, 0.4) is 0 Å². The van der Waals surface area contributed by atoms with Gasteiger partial charge in [-0.25, -0.2) is 4.39 Å². The van der Waals surface area contributed by atoms with E-state index in [9.17, 15) is 24.1 Å². The SMILES string of the molecule is CC(=O)Nc1cc(NCC(=O)Nc2ccc(C)cc2[N+](=O)[O-])ccc1F. The second-order valence-corrected chi connectivity index (χ2v) is 5.56. The highest BCUT2D eigenvalue weighted by molar-refractivity contribution is 5.96. The summed E-state index contributed by atoms with van der Waals surface area (Å²) in [7, 11) is 0. The van der Waals surface area contributed by atoms with E-state index >= 15 is 0 Å². The molecule has 0 aromatic heterocycles. The molecule has 0 bridgehead atoms. The molecule has 0 unspecified atom stereocenters. The van der Waals surface area contributed by atoms with Gasteiger partial charge < -0.3 is 16.0 Å². The number of nitrogens with zero attached hydrogens (tertiary/aromatic N) is 1. The van der Waals surface area contributed by atoms with Crippen LogP contribution in [0.15, 0.2) is 36.4 Å². The number of anilines is 3. The van der Waals surface area contributed by atoms with Crippen molar-refractivity contribution >= 4 is 34.6 Å². The van der Waals surface area contributed by atoms with Crippen molar-refractivity contribution in [3.05, 3.63) is 57.9 Å². The molecule has 0 spiro atoms. The number of benzene rings is 2. The van der Waals surface area contributed by atoms with Gasteiger partial charge in [-0.3, -0.25) is 19.7 Å². The summed E-state index contributed by atoms with van der Waals surface area (Å²) in [5.41, 5.74) is 0.976. The van der Waals surface area contributed by atoms with Crippen molar-refractivity contribution < 1.29 is 18.9 Å². The summed E-state index contributed by atoms with van der Waals surface area (Å²) in [5, 5.41) is 18.6. The van der Waals surface area contributed by atoms with Crippen LogP contribution in [0.5, 0.6) is 0 Å². The van der Waals surface area contributed by atoms with Gasteiger partial charge in [0.15, 0.2) is 0 Å². The van der Waals surface area contributed by atoms with Crippen molar-refractivity contribution in [3.8, 4) is 0 Å². The number of carbonyl (C=O) groups is 2. The summed E-state index contributed by atoms with van der Waals surface area (Å²) in [5.74, 6) is -1.54.